The Hall–Kier alpha value is -3.56. The van der Waals surface area contributed by atoms with E-state index in [-0.39, 0.29) is 17.3 Å². The van der Waals surface area contributed by atoms with Gasteiger partial charge in [0.25, 0.3) is 10.0 Å². The lowest BCUT2D eigenvalue weighted by molar-refractivity contribution is -0.139. The molecule has 0 aliphatic heterocycles. The minimum absolute atomic E-state index is 0.00397. The Morgan fingerprint density at radius 3 is 2.15 bits per heavy atom. The van der Waals surface area contributed by atoms with E-state index in [0.717, 1.165) is 21.9 Å². The lowest BCUT2D eigenvalue weighted by atomic mass is 10.1. The number of carbonyl (C=O) groups excluding carboxylic acids is 2. The number of methoxy groups -OCH3 is 1. The molecule has 39 heavy (non-hydrogen) atoms. The number of amides is 2. The van der Waals surface area contributed by atoms with E-state index in [1.807, 2.05) is 13.8 Å². The summed E-state index contributed by atoms with van der Waals surface area (Å²) in [6, 6.07) is 18.9. The van der Waals surface area contributed by atoms with Crippen LogP contribution in [0.5, 0.6) is 5.75 Å². The first-order chi connectivity index (χ1) is 18.6. The predicted octanol–water partition coefficient (Wildman–Crippen LogP) is 4.80. The average molecular weight is 572 g/mol. The summed E-state index contributed by atoms with van der Waals surface area (Å²) < 4.78 is 33.8. The third-order valence-corrected chi connectivity index (χ3v) is 8.27. The second-order valence-electron chi connectivity index (χ2n) is 9.14. The number of rotatable bonds is 12. The largest absolute Gasteiger partial charge is 0.497 e. The number of hydrogen-bond acceptors (Lipinski definition) is 5. The second-order valence-corrected chi connectivity index (χ2v) is 11.4. The lowest BCUT2D eigenvalue weighted by Gasteiger charge is -2.32. The summed E-state index contributed by atoms with van der Waals surface area (Å²) in [7, 11) is -2.58. The standard InChI is InChI=1S/C29H34ClN3O5S/c1-5-18-31-29(35)22(3)32(19-23-8-14-26(38-4)15-9-23)28(34)20-33(25-12-6-21(2)7-13-25)39(36,37)27-16-10-24(30)11-17-27/h6-17,22H,5,18-20H2,1-4H3,(H,31,35). The molecule has 0 saturated carbocycles. The molecule has 1 N–H and O–H groups in total. The molecule has 0 aliphatic carbocycles. The van der Waals surface area contributed by atoms with Crippen LogP contribution in [0.15, 0.2) is 77.7 Å². The molecule has 2 amide bonds. The van der Waals surface area contributed by atoms with Crippen LogP contribution in [0.25, 0.3) is 0 Å². The van der Waals surface area contributed by atoms with E-state index in [1.165, 1.54) is 29.2 Å². The van der Waals surface area contributed by atoms with Crippen LogP contribution in [0.1, 0.15) is 31.4 Å². The van der Waals surface area contributed by atoms with Gasteiger partial charge in [0, 0.05) is 18.1 Å². The van der Waals surface area contributed by atoms with Crippen LogP contribution in [-0.2, 0) is 26.2 Å². The number of aryl methyl sites for hydroxylation is 1. The predicted molar refractivity (Wildman–Crippen MR) is 153 cm³/mol. The molecule has 3 aromatic rings. The molecule has 0 aromatic heterocycles. The summed E-state index contributed by atoms with van der Waals surface area (Å²) in [5.41, 5.74) is 2.04. The highest BCUT2D eigenvalue weighted by molar-refractivity contribution is 7.92. The van der Waals surface area contributed by atoms with Crippen LogP contribution in [0.3, 0.4) is 0 Å². The van der Waals surface area contributed by atoms with Gasteiger partial charge in [-0.15, -0.1) is 0 Å². The monoisotopic (exact) mass is 571 g/mol. The Bertz CT molecular complexity index is 1360. The van der Waals surface area contributed by atoms with Crippen molar-refractivity contribution in [2.45, 2.75) is 44.7 Å². The van der Waals surface area contributed by atoms with E-state index in [4.69, 9.17) is 16.3 Å². The molecule has 0 spiro atoms. The van der Waals surface area contributed by atoms with Gasteiger partial charge in [-0.3, -0.25) is 13.9 Å². The van der Waals surface area contributed by atoms with Crippen molar-refractivity contribution >= 4 is 39.1 Å². The number of sulfonamides is 1. The zero-order valence-electron chi connectivity index (χ0n) is 22.6. The third kappa shape index (κ3) is 7.74. The number of halogens is 1. The molecule has 0 saturated heterocycles. The van der Waals surface area contributed by atoms with E-state index in [2.05, 4.69) is 5.32 Å². The van der Waals surface area contributed by atoms with Crippen LogP contribution >= 0.6 is 11.6 Å². The molecule has 3 aromatic carbocycles. The number of anilines is 1. The van der Waals surface area contributed by atoms with Crippen LogP contribution < -0.4 is 14.4 Å². The number of nitrogens with zero attached hydrogens (tertiary/aromatic N) is 2. The Labute approximate surface area is 235 Å². The first-order valence-electron chi connectivity index (χ1n) is 12.6. The van der Waals surface area contributed by atoms with Crippen molar-refractivity contribution in [3.8, 4) is 5.75 Å². The molecule has 1 atom stereocenters. The molecule has 0 heterocycles. The third-order valence-electron chi connectivity index (χ3n) is 6.23. The van der Waals surface area contributed by atoms with Gasteiger partial charge in [-0.2, -0.15) is 0 Å². The van der Waals surface area contributed by atoms with E-state index in [0.29, 0.717) is 23.0 Å². The number of nitrogens with one attached hydrogen (secondary N) is 1. The Balaban J connectivity index is 2.00. The lowest BCUT2D eigenvalue weighted by Crippen LogP contribution is -2.51. The zero-order valence-corrected chi connectivity index (χ0v) is 24.1. The fourth-order valence-electron chi connectivity index (χ4n) is 3.88. The summed E-state index contributed by atoms with van der Waals surface area (Å²) in [6.07, 6.45) is 0.741. The van der Waals surface area contributed by atoms with Crippen molar-refractivity contribution < 1.29 is 22.7 Å². The molecule has 0 aliphatic rings. The SMILES string of the molecule is CCCNC(=O)C(C)N(Cc1ccc(OC)cc1)C(=O)CN(c1ccc(C)cc1)S(=O)(=O)c1ccc(Cl)cc1. The minimum Gasteiger partial charge on any atom is -0.497 e. The summed E-state index contributed by atoms with van der Waals surface area (Å²) in [5.74, 6) is -0.186. The maximum atomic E-state index is 13.9. The van der Waals surface area contributed by atoms with Gasteiger partial charge in [-0.1, -0.05) is 48.4 Å². The zero-order chi connectivity index (χ0) is 28.6. The van der Waals surface area contributed by atoms with Crippen molar-refractivity contribution in [1.82, 2.24) is 10.2 Å². The summed E-state index contributed by atoms with van der Waals surface area (Å²) >= 11 is 5.98. The quantitative estimate of drug-likeness (QED) is 0.337. The highest BCUT2D eigenvalue weighted by atomic mass is 35.5. The van der Waals surface area contributed by atoms with Gasteiger partial charge >= 0.3 is 0 Å². The number of carbonyl (C=O) groups is 2. The molecule has 1 unspecified atom stereocenters. The number of ether oxygens (including phenoxy) is 1. The van der Waals surface area contributed by atoms with Gasteiger partial charge in [-0.05, 0) is 74.4 Å². The topological polar surface area (TPSA) is 96.0 Å². The van der Waals surface area contributed by atoms with E-state index < -0.39 is 28.5 Å². The molecule has 3 rings (SSSR count). The molecule has 8 nitrogen and oxygen atoms in total. The van der Waals surface area contributed by atoms with E-state index >= 15 is 0 Å². The fourth-order valence-corrected chi connectivity index (χ4v) is 5.42. The van der Waals surface area contributed by atoms with Crippen LogP contribution in [-0.4, -0.2) is 51.4 Å². The van der Waals surface area contributed by atoms with Gasteiger partial charge in [0.2, 0.25) is 11.8 Å². The second kappa shape index (κ2) is 13.5. The Morgan fingerprint density at radius 1 is 0.974 bits per heavy atom. The van der Waals surface area contributed by atoms with Crippen LogP contribution in [0.2, 0.25) is 5.02 Å². The molecule has 0 radical (unpaired) electrons. The van der Waals surface area contributed by atoms with E-state index in [1.54, 1.807) is 62.6 Å². The van der Waals surface area contributed by atoms with Crippen molar-refractivity contribution in [1.29, 1.82) is 0 Å². The molecule has 0 fully saturated rings. The first-order valence-corrected chi connectivity index (χ1v) is 14.4. The van der Waals surface area contributed by atoms with Crippen molar-refractivity contribution in [3.63, 3.8) is 0 Å². The average Bonchev–Trinajstić information content (AvgIpc) is 2.93. The Kier molecular flexibility index (Phi) is 10.4. The van der Waals surface area contributed by atoms with Crippen LogP contribution in [0, 0.1) is 6.92 Å². The smallest absolute Gasteiger partial charge is 0.264 e. The maximum absolute atomic E-state index is 13.9. The van der Waals surface area contributed by atoms with Gasteiger partial charge in [0.1, 0.15) is 18.3 Å². The number of hydrogen-bond donors (Lipinski definition) is 1. The van der Waals surface area contributed by atoms with Gasteiger partial charge in [0.05, 0.1) is 17.7 Å². The Morgan fingerprint density at radius 2 is 1.59 bits per heavy atom. The number of benzene rings is 3. The maximum Gasteiger partial charge on any atom is 0.264 e. The van der Waals surface area contributed by atoms with Crippen molar-refractivity contribution in [3.05, 3.63) is 88.9 Å². The van der Waals surface area contributed by atoms with Gasteiger partial charge in [0.15, 0.2) is 0 Å². The molecule has 10 heteroatoms. The van der Waals surface area contributed by atoms with Crippen LogP contribution in [0.4, 0.5) is 5.69 Å². The fraction of sp³-hybridized carbons (Fsp3) is 0.310. The highest BCUT2D eigenvalue weighted by Crippen LogP contribution is 2.26. The van der Waals surface area contributed by atoms with Crippen molar-refractivity contribution in [2.75, 3.05) is 24.5 Å². The minimum atomic E-state index is -4.14. The van der Waals surface area contributed by atoms with Crippen molar-refractivity contribution in [2.24, 2.45) is 0 Å². The summed E-state index contributed by atoms with van der Waals surface area (Å²) in [6.45, 7) is 5.53. The molecular formula is C29H34ClN3O5S. The summed E-state index contributed by atoms with van der Waals surface area (Å²) in [5, 5.41) is 3.22. The van der Waals surface area contributed by atoms with Gasteiger partial charge < -0.3 is 15.0 Å². The highest BCUT2D eigenvalue weighted by Gasteiger charge is 2.32. The molecule has 208 valence electrons. The summed E-state index contributed by atoms with van der Waals surface area (Å²) in [4.78, 5) is 28.2. The molecule has 0 bridgehead atoms. The first kappa shape index (κ1) is 30.0. The molecular weight excluding hydrogens is 538 g/mol. The van der Waals surface area contributed by atoms with E-state index in [9.17, 15) is 18.0 Å². The van der Waals surface area contributed by atoms with Gasteiger partial charge in [-0.25, -0.2) is 8.42 Å². The normalized spacial score (nSPS) is 11.9.